The summed E-state index contributed by atoms with van der Waals surface area (Å²) in [4.78, 5) is 25.4. The van der Waals surface area contributed by atoms with E-state index in [0.29, 0.717) is 12.8 Å². The van der Waals surface area contributed by atoms with Gasteiger partial charge in [0.25, 0.3) is 0 Å². The molecule has 1 rings (SSSR count). The first-order valence-electron chi connectivity index (χ1n) is 4.61. The lowest BCUT2D eigenvalue weighted by Gasteiger charge is -2.19. The molecule has 1 aliphatic rings. The fraction of sp³-hybridized carbons (Fsp3) is 0.778. The van der Waals surface area contributed by atoms with Gasteiger partial charge in [0.05, 0.1) is 0 Å². The normalized spacial score (nSPS) is 22.8. The van der Waals surface area contributed by atoms with E-state index in [1.165, 1.54) is 0 Å². The van der Waals surface area contributed by atoms with Gasteiger partial charge in [0.15, 0.2) is 0 Å². The Kier molecular flexibility index (Phi) is 3.89. The van der Waals surface area contributed by atoms with Gasteiger partial charge >= 0.3 is 5.97 Å². The molecule has 1 unspecified atom stereocenters. The van der Waals surface area contributed by atoms with Crippen LogP contribution in [-0.2, 0) is 14.5 Å². The largest absolute Gasteiger partial charge is 0.342 e. The van der Waals surface area contributed by atoms with Crippen molar-refractivity contribution >= 4 is 11.8 Å². The third-order valence-electron chi connectivity index (χ3n) is 2.48. The lowest BCUT2D eigenvalue weighted by molar-refractivity contribution is -0.234. The average Bonchev–Trinajstić information content (AvgIpc) is 2.16. The molecule has 4 heteroatoms. The molecule has 1 atom stereocenters. The zero-order valence-corrected chi connectivity index (χ0v) is 7.49. The van der Waals surface area contributed by atoms with Crippen molar-refractivity contribution in [3.8, 4) is 0 Å². The van der Waals surface area contributed by atoms with E-state index < -0.39 is 5.97 Å². The van der Waals surface area contributed by atoms with Gasteiger partial charge < -0.3 is 4.89 Å². The summed E-state index contributed by atoms with van der Waals surface area (Å²) in [6.45, 7) is 0. The smallest absolute Gasteiger partial charge is 0.301 e. The van der Waals surface area contributed by atoms with Crippen LogP contribution in [0.3, 0.4) is 0 Å². The number of carbonyl (C=O) groups is 2. The summed E-state index contributed by atoms with van der Waals surface area (Å²) in [6.07, 6.45) is 4.19. The van der Waals surface area contributed by atoms with Gasteiger partial charge in [-0.3, -0.25) is 4.79 Å². The molecular weight excluding hydrogens is 172 g/mol. The molecule has 0 amide bonds. The summed E-state index contributed by atoms with van der Waals surface area (Å²) in [5.41, 5.74) is 0. The average molecular weight is 186 g/mol. The summed E-state index contributed by atoms with van der Waals surface area (Å²) in [5.74, 6) is -0.400. The number of hydrogen-bond acceptors (Lipinski definition) is 4. The van der Waals surface area contributed by atoms with Crippen molar-refractivity contribution < 1.29 is 19.7 Å². The molecule has 0 heterocycles. The van der Waals surface area contributed by atoms with Crippen molar-refractivity contribution in [3.05, 3.63) is 0 Å². The predicted molar refractivity (Wildman–Crippen MR) is 44.9 cm³/mol. The fourth-order valence-electron chi connectivity index (χ4n) is 1.70. The van der Waals surface area contributed by atoms with Gasteiger partial charge in [0, 0.05) is 18.8 Å². The van der Waals surface area contributed by atoms with E-state index in [1.54, 1.807) is 0 Å². The Morgan fingerprint density at radius 1 is 1.54 bits per heavy atom. The Hall–Kier alpha value is -0.900. The van der Waals surface area contributed by atoms with Crippen molar-refractivity contribution in [2.24, 2.45) is 5.92 Å². The Labute approximate surface area is 76.8 Å². The molecule has 74 valence electrons. The maximum atomic E-state index is 11.3. The van der Waals surface area contributed by atoms with Gasteiger partial charge in [0.1, 0.15) is 5.78 Å². The summed E-state index contributed by atoms with van der Waals surface area (Å²) in [7, 11) is 0. The highest BCUT2D eigenvalue weighted by Gasteiger charge is 2.22. The lowest BCUT2D eigenvalue weighted by atomic mass is 9.85. The van der Waals surface area contributed by atoms with Crippen LogP contribution in [0.15, 0.2) is 0 Å². The minimum atomic E-state index is -0.654. The molecule has 0 spiro atoms. The van der Waals surface area contributed by atoms with Crippen LogP contribution in [0.1, 0.15) is 38.5 Å². The van der Waals surface area contributed by atoms with Crippen LogP contribution >= 0.6 is 0 Å². The van der Waals surface area contributed by atoms with Crippen LogP contribution in [0.2, 0.25) is 0 Å². The third-order valence-corrected chi connectivity index (χ3v) is 2.48. The van der Waals surface area contributed by atoms with Gasteiger partial charge in [-0.15, -0.1) is 0 Å². The highest BCUT2D eigenvalue weighted by molar-refractivity contribution is 5.82. The Balaban J connectivity index is 2.26. The van der Waals surface area contributed by atoms with E-state index in [1.807, 2.05) is 0 Å². The molecule has 1 aliphatic carbocycles. The maximum absolute atomic E-state index is 11.3. The number of ketones is 1. The second-order valence-corrected chi connectivity index (χ2v) is 3.41. The number of Topliss-reactive ketones (excluding diaryl/α,β-unsaturated/α-hetero) is 1. The quantitative estimate of drug-likeness (QED) is 0.536. The van der Waals surface area contributed by atoms with Crippen LogP contribution in [0.5, 0.6) is 0 Å². The fourth-order valence-corrected chi connectivity index (χ4v) is 1.70. The first kappa shape index (κ1) is 10.2. The minimum absolute atomic E-state index is 0.00727. The molecule has 1 saturated carbocycles. The van der Waals surface area contributed by atoms with Crippen molar-refractivity contribution in [2.45, 2.75) is 38.5 Å². The van der Waals surface area contributed by atoms with Crippen LogP contribution < -0.4 is 0 Å². The van der Waals surface area contributed by atoms with E-state index in [2.05, 4.69) is 4.89 Å². The Morgan fingerprint density at radius 2 is 2.31 bits per heavy atom. The van der Waals surface area contributed by atoms with Crippen molar-refractivity contribution in [1.29, 1.82) is 0 Å². The summed E-state index contributed by atoms with van der Waals surface area (Å²) < 4.78 is 0. The molecular formula is C9H14O4. The molecule has 0 saturated heterocycles. The predicted octanol–water partition coefficient (Wildman–Crippen LogP) is 1.54. The number of carbonyl (C=O) groups excluding carboxylic acids is 2. The summed E-state index contributed by atoms with van der Waals surface area (Å²) in [6, 6.07) is 0. The molecule has 0 aromatic heterocycles. The van der Waals surface area contributed by atoms with Gasteiger partial charge in [-0.25, -0.2) is 4.79 Å². The molecule has 0 radical (unpaired) electrons. The highest BCUT2D eigenvalue weighted by Crippen LogP contribution is 2.24. The van der Waals surface area contributed by atoms with Gasteiger partial charge in [-0.05, 0) is 19.3 Å². The molecule has 0 aromatic carbocycles. The molecule has 0 aromatic rings. The highest BCUT2D eigenvalue weighted by atomic mass is 17.1. The SMILES string of the molecule is O=C(CCC1CCCCC1=O)OO. The van der Waals surface area contributed by atoms with Crippen LogP contribution in [0.25, 0.3) is 0 Å². The minimum Gasteiger partial charge on any atom is -0.301 e. The number of rotatable bonds is 3. The maximum Gasteiger partial charge on any atom is 0.342 e. The van der Waals surface area contributed by atoms with E-state index in [0.717, 1.165) is 19.3 Å². The topological polar surface area (TPSA) is 63.6 Å². The zero-order chi connectivity index (χ0) is 9.68. The first-order chi connectivity index (χ1) is 6.24. The van der Waals surface area contributed by atoms with E-state index in [-0.39, 0.29) is 18.1 Å². The summed E-state index contributed by atoms with van der Waals surface area (Å²) in [5, 5.41) is 8.00. The van der Waals surface area contributed by atoms with E-state index >= 15 is 0 Å². The number of hydrogen-bond donors (Lipinski definition) is 1. The standard InChI is InChI=1S/C9H14O4/c10-8-4-2-1-3-7(8)5-6-9(11)13-12/h7,12H,1-6H2. The van der Waals surface area contributed by atoms with Gasteiger partial charge in [-0.1, -0.05) is 6.42 Å². The molecule has 13 heavy (non-hydrogen) atoms. The third kappa shape index (κ3) is 3.14. The van der Waals surface area contributed by atoms with Crippen molar-refractivity contribution in [3.63, 3.8) is 0 Å². The molecule has 4 nitrogen and oxygen atoms in total. The molecule has 1 N–H and O–H groups in total. The van der Waals surface area contributed by atoms with Crippen LogP contribution in [0.4, 0.5) is 0 Å². The van der Waals surface area contributed by atoms with Crippen LogP contribution in [0, 0.1) is 5.92 Å². The summed E-state index contributed by atoms with van der Waals surface area (Å²) >= 11 is 0. The van der Waals surface area contributed by atoms with Gasteiger partial charge in [-0.2, -0.15) is 5.26 Å². The monoisotopic (exact) mass is 186 g/mol. The Morgan fingerprint density at radius 3 is 2.92 bits per heavy atom. The first-order valence-corrected chi connectivity index (χ1v) is 4.61. The Bertz CT molecular complexity index is 200. The van der Waals surface area contributed by atoms with Gasteiger partial charge in [0.2, 0.25) is 0 Å². The van der Waals surface area contributed by atoms with E-state index in [4.69, 9.17) is 5.26 Å². The molecule has 0 bridgehead atoms. The molecule has 0 aliphatic heterocycles. The second-order valence-electron chi connectivity index (χ2n) is 3.41. The van der Waals surface area contributed by atoms with Crippen molar-refractivity contribution in [1.82, 2.24) is 0 Å². The van der Waals surface area contributed by atoms with Crippen LogP contribution in [-0.4, -0.2) is 17.0 Å². The van der Waals surface area contributed by atoms with Crippen molar-refractivity contribution in [2.75, 3.05) is 0 Å². The molecule has 1 fully saturated rings. The zero-order valence-electron chi connectivity index (χ0n) is 7.49. The van der Waals surface area contributed by atoms with E-state index in [9.17, 15) is 9.59 Å². The lowest BCUT2D eigenvalue weighted by Crippen LogP contribution is -2.20. The second kappa shape index (κ2) is 4.97.